The molecule has 9 heteroatoms. The molecule has 0 aliphatic carbocycles. The number of aryl methyl sites for hydroxylation is 2. The number of hydrogen-bond acceptors (Lipinski definition) is 4. The van der Waals surface area contributed by atoms with Crippen molar-refractivity contribution in [2.24, 2.45) is 0 Å². The molecule has 1 aliphatic heterocycles. The second-order valence-corrected chi connectivity index (χ2v) is 9.59. The number of carbonyl (C=O) groups is 1. The minimum Gasteiger partial charge on any atom is -0.352 e. The first-order chi connectivity index (χ1) is 13.8. The summed E-state index contributed by atoms with van der Waals surface area (Å²) in [6, 6.07) is 7.35. The molecule has 7 nitrogen and oxygen atoms in total. The summed E-state index contributed by atoms with van der Waals surface area (Å²) in [6.45, 7) is 5.23. The van der Waals surface area contributed by atoms with Gasteiger partial charge in [-0.3, -0.25) is 9.48 Å². The number of aromatic nitrogens is 2. The molecule has 2 heterocycles. The van der Waals surface area contributed by atoms with Gasteiger partial charge < -0.3 is 5.32 Å². The number of amides is 1. The van der Waals surface area contributed by atoms with Crippen LogP contribution in [0, 0.1) is 13.8 Å². The summed E-state index contributed by atoms with van der Waals surface area (Å²) in [5.74, 6) is -0.141. The molecular formula is C20H27ClN4O3S. The van der Waals surface area contributed by atoms with Gasteiger partial charge in [0.05, 0.1) is 17.9 Å². The van der Waals surface area contributed by atoms with Gasteiger partial charge in [-0.1, -0.05) is 36.2 Å². The fourth-order valence-electron chi connectivity index (χ4n) is 3.64. The zero-order chi connectivity index (χ0) is 21.0. The van der Waals surface area contributed by atoms with Crippen LogP contribution in [0.2, 0.25) is 5.02 Å². The van der Waals surface area contributed by atoms with Crippen molar-refractivity contribution < 1.29 is 13.2 Å². The van der Waals surface area contributed by atoms with Gasteiger partial charge in [-0.15, -0.1) is 0 Å². The molecule has 0 radical (unpaired) electrons. The van der Waals surface area contributed by atoms with Gasteiger partial charge in [-0.05, 0) is 38.3 Å². The van der Waals surface area contributed by atoms with Crippen LogP contribution in [0.3, 0.4) is 0 Å². The van der Waals surface area contributed by atoms with Crippen LogP contribution in [0.5, 0.6) is 0 Å². The molecule has 0 spiro atoms. The maximum absolute atomic E-state index is 13.1. The van der Waals surface area contributed by atoms with Crippen molar-refractivity contribution >= 4 is 27.5 Å². The molecule has 1 N–H and O–H groups in total. The van der Waals surface area contributed by atoms with Crippen molar-refractivity contribution in [2.75, 3.05) is 13.1 Å². The van der Waals surface area contributed by atoms with E-state index in [2.05, 4.69) is 10.4 Å². The third-order valence-corrected chi connectivity index (χ3v) is 7.73. The molecule has 0 bridgehead atoms. The maximum atomic E-state index is 13.1. The predicted octanol–water partition coefficient (Wildman–Crippen LogP) is 3.03. The molecule has 158 valence electrons. The van der Waals surface area contributed by atoms with Gasteiger partial charge in [-0.25, -0.2) is 8.42 Å². The molecule has 29 heavy (non-hydrogen) atoms. The number of nitrogens with one attached hydrogen (secondary N) is 1. The van der Waals surface area contributed by atoms with Crippen molar-refractivity contribution in [3.8, 4) is 0 Å². The van der Waals surface area contributed by atoms with Crippen LogP contribution in [0.15, 0.2) is 29.2 Å². The third kappa shape index (κ3) is 4.99. The Balaban J connectivity index is 1.64. The van der Waals surface area contributed by atoms with Gasteiger partial charge in [0.1, 0.15) is 4.90 Å². The Morgan fingerprint density at radius 2 is 1.86 bits per heavy atom. The molecule has 1 aromatic carbocycles. The normalized spacial score (nSPS) is 15.4. The van der Waals surface area contributed by atoms with E-state index in [1.165, 1.54) is 0 Å². The highest BCUT2D eigenvalue weighted by molar-refractivity contribution is 7.89. The summed E-state index contributed by atoms with van der Waals surface area (Å²) >= 11 is 6.10. The highest BCUT2D eigenvalue weighted by atomic mass is 35.5. The first-order valence-corrected chi connectivity index (χ1v) is 11.7. The second-order valence-electron chi connectivity index (χ2n) is 7.31. The molecular weight excluding hydrogens is 412 g/mol. The first kappa shape index (κ1) is 21.8. The summed E-state index contributed by atoms with van der Waals surface area (Å²) < 4.78 is 29.3. The van der Waals surface area contributed by atoms with Gasteiger partial charge in [0, 0.05) is 31.1 Å². The molecule has 3 rings (SSSR count). The fraction of sp³-hybridized carbons (Fsp3) is 0.500. The van der Waals surface area contributed by atoms with E-state index in [4.69, 9.17) is 11.6 Å². The lowest BCUT2D eigenvalue weighted by Crippen LogP contribution is -2.36. The average Bonchev–Trinajstić information content (AvgIpc) is 3.00. The van der Waals surface area contributed by atoms with E-state index < -0.39 is 10.0 Å². The van der Waals surface area contributed by atoms with Crippen LogP contribution in [0.25, 0.3) is 0 Å². The Morgan fingerprint density at radius 1 is 1.17 bits per heavy atom. The predicted molar refractivity (Wildman–Crippen MR) is 112 cm³/mol. The van der Waals surface area contributed by atoms with Crippen LogP contribution in [0.1, 0.15) is 42.6 Å². The van der Waals surface area contributed by atoms with E-state index in [1.807, 2.05) is 18.2 Å². The summed E-state index contributed by atoms with van der Waals surface area (Å²) in [5, 5.41) is 7.84. The van der Waals surface area contributed by atoms with E-state index in [0.29, 0.717) is 42.6 Å². The number of piperidine rings is 1. The lowest BCUT2D eigenvalue weighted by Gasteiger charge is -2.26. The van der Waals surface area contributed by atoms with E-state index >= 15 is 0 Å². The molecule has 0 saturated carbocycles. The van der Waals surface area contributed by atoms with E-state index in [9.17, 15) is 13.2 Å². The van der Waals surface area contributed by atoms with Gasteiger partial charge in [-0.2, -0.15) is 9.40 Å². The Hall–Kier alpha value is -1.90. The summed E-state index contributed by atoms with van der Waals surface area (Å²) in [6.07, 6.45) is 3.04. The number of carbonyl (C=O) groups excluding carboxylic acids is 1. The quantitative estimate of drug-likeness (QED) is 0.720. The first-order valence-electron chi connectivity index (χ1n) is 9.85. The van der Waals surface area contributed by atoms with Crippen LogP contribution >= 0.6 is 11.6 Å². The molecule has 0 unspecified atom stereocenters. The topological polar surface area (TPSA) is 84.3 Å². The molecule has 1 saturated heterocycles. The third-order valence-electron chi connectivity index (χ3n) is 5.21. The minimum absolute atomic E-state index is 0.141. The zero-order valence-corrected chi connectivity index (χ0v) is 18.4. The van der Waals surface area contributed by atoms with Crippen LogP contribution in [-0.2, 0) is 27.9 Å². The Bertz CT molecular complexity index is 982. The number of rotatable bonds is 7. The average molecular weight is 439 g/mol. The van der Waals surface area contributed by atoms with Gasteiger partial charge in [0.2, 0.25) is 15.9 Å². The van der Waals surface area contributed by atoms with Crippen molar-refractivity contribution in [1.82, 2.24) is 19.4 Å². The Labute approximate surface area is 177 Å². The number of benzene rings is 1. The van der Waals surface area contributed by atoms with Crippen LogP contribution in [0.4, 0.5) is 0 Å². The smallest absolute Gasteiger partial charge is 0.246 e. The standard InChI is InChI=1S/C20H27ClN4O3S/c1-15-20(29(27,28)24-11-6-3-7-12-24)16(2)25(23-15)13-10-19(26)22-14-17-8-4-5-9-18(17)21/h4-5,8-9H,3,6-7,10-14H2,1-2H3,(H,22,26). The van der Waals surface area contributed by atoms with Gasteiger partial charge in [0.15, 0.2) is 0 Å². The van der Waals surface area contributed by atoms with Gasteiger partial charge in [0.25, 0.3) is 0 Å². The minimum atomic E-state index is -3.56. The van der Waals surface area contributed by atoms with Crippen molar-refractivity contribution in [3.63, 3.8) is 0 Å². The number of hydrogen-bond donors (Lipinski definition) is 1. The Morgan fingerprint density at radius 3 is 2.55 bits per heavy atom. The van der Waals surface area contributed by atoms with E-state index in [1.54, 1.807) is 28.9 Å². The molecule has 1 fully saturated rings. The molecule has 1 amide bonds. The molecule has 1 aromatic heterocycles. The lowest BCUT2D eigenvalue weighted by molar-refractivity contribution is -0.121. The number of sulfonamides is 1. The maximum Gasteiger partial charge on any atom is 0.246 e. The van der Waals surface area contributed by atoms with Crippen molar-refractivity contribution in [1.29, 1.82) is 0 Å². The number of nitrogens with zero attached hydrogens (tertiary/aromatic N) is 3. The molecule has 1 aliphatic rings. The van der Waals surface area contributed by atoms with Crippen molar-refractivity contribution in [3.05, 3.63) is 46.2 Å². The number of halogens is 1. The molecule has 2 aromatic rings. The Kier molecular flexibility index (Phi) is 6.97. The lowest BCUT2D eigenvalue weighted by atomic mass is 10.2. The SMILES string of the molecule is Cc1nn(CCC(=O)NCc2ccccc2Cl)c(C)c1S(=O)(=O)N1CCCCC1. The highest BCUT2D eigenvalue weighted by Gasteiger charge is 2.31. The summed E-state index contributed by atoms with van der Waals surface area (Å²) in [4.78, 5) is 12.5. The monoisotopic (exact) mass is 438 g/mol. The molecule has 0 atom stereocenters. The highest BCUT2D eigenvalue weighted by Crippen LogP contribution is 2.26. The van der Waals surface area contributed by atoms with Crippen molar-refractivity contribution in [2.45, 2.75) is 57.5 Å². The fourth-order valence-corrected chi connectivity index (χ4v) is 5.73. The van der Waals surface area contributed by atoms with E-state index in [-0.39, 0.29) is 17.2 Å². The summed E-state index contributed by atoms with van der Waals surface area (Å²) in [7, 11) is -3.56. The van der Waals surface area contributed by atoms with Crippen LogP contribution in [-0.4, -0.2) is 41.5 Å². The second kappa shape index (κ2) is 9.28. The van der Waals surface area contributed by atoms with Gasteiger partial charge >= 0.3 is 0 Å². The van der Waals surface area contributed by atoms with E-state index in [0.717, 1.165) is 24.8 Å². The summed E-state index contributed by atoms with van der Waals surface area (Å²) in [5.41, 5.74) is 1.90. The largest absolute Gasteiger partial charge is 0.352 e. The zero-order valence-electron chi connectivity index (χ0n) is 16.8. The van der Waals surface area contributed by atoms with Crippen LogP contribution < -0.4 is 5.32 Å².